The van der Waals surface area contributed by atoms with Crippen LogP contribution in [0.25, 0.3) is 0 Å². The number of carboxylic acid groups (broad SMARTS) is 1. The number of carboxylic acids is 1. The van der Waals surface area contributed by atoms with Gasteiger partial charge in [0.05, 0.1) is 4.90 Å². The third-order valence-corrected chi connectivity index (χ3v) is 5.94. The van der Waals surface area contributed by atoms with Gasteiger partial charge >= 0.3 is 5.97 Å². The fourth-order valence-electron chi connectivity index (χ4n) is 3.04. The minimum atomic E-state index is -3.81. The van der Waals surface area contributed by atoms with Crippen LogP contribution in [0.1, 0.15) is 15.9 Å². The molecular formula is C23H22N2O5S. The van der Waals surface area contributed by atoms with Crippen molar-refractivity contribution in [3.63, 3.8) is 0 Å². The van der Waals surface area contributed by atoms with Crippen molar-refractivity contribution < 1.29 is 23.1 Å². The van der Waals surface area contributed by atoms with E-state index in [9.17, 15) is 23.1 Å². The molecule has 0 radical (unpaired) electrons. The van der Waals surface area contributed by atoms with Gasteiger partial charge < -0.3 is 10.0 Å². The van der Waals surface area contributed by atoms with E-state index in [1.54, 1.807) is 24.3 Å². The quantitative estimate of drug-likeness (QED) is 0.534. The maximum Gasteiger partial charge on any atom is 0.323 e. The minimum Gasteiger partial charge on any atom is -0.480 e. The van der Waals surface area contributed by atoms with Gasteiger partial charge in [-0.15, -0.1) is 0 Å². The monoisotopic (exact) mass is 438 g/mol. The molecule has 0 saturated heterocycles. The molecule has 7 nitrogen and oxygen atoms in total. The maximum absolute atomic E-state index is 13.0. The summed E-state index contributed by atoms with van der Waals surface area (Å²) in [7, 11) is -3.81. The van der Waals surface area contributed by atoms with E-state index in [2.05, 4.69) is 4.72 Å². The molecule has 1 amide bonds. The number of hydrogen-bond donors (Lipinski definition) is 2. The van der Waals surface area contributed by atoms with Crippen LogP contribution in [-0.4, -0.2) is 43.4 Å². The van der Waals surface area contributed by atoms with Crippen LogP contribution in [0, 0.1) is 0 Å². The number of aliphatic carboxylic acids is 1. The summed E-state index contributed by atoms with van der Waals surface area (Å²) in [5.74, 6) is -1.61. The fraction of sp³-hybridized carbons (Fsp3) is 0.130. The van der Waals surface area contributed by atoms with Crippen molar-refractivity contribution in [2.75, 3.05) is 17.8 Å². The number of nitrogens with zero attached hydrogens (tertiary/aromatic N) is 1. The van der Waals surface area contributed by atoms with Crippen LogP contribution in [-0.2, 0) is 21.2 Å². The number of carbonyl (C=O) groups is 2. The smallest absolute Gasteiger partial charge is 0.323 e. The highest BCUT2D eigenvalue weighted by Crippen LogP contribution is 2.18. The Morgan fingerprint density at radius 2 is 1.52 bits per heavy atom. The van der Waals surface area contributed by atoms with E-state index < -0.39 is 28.4 Å². The van der Waals surface area contributed by atoms with E-state index in [0.717, 1.165) is 5.56 Å². The standard InChI is InChI=1S/C23H22N2O5S/c26-22(27)17-25(15-14-18-8-3-1-4-9-18)23(28)19-10-7-11-20(16-19)24-31(29,30)21-12-5-2-6-13-21/h1-13,16,24H,14-15,17H2,(H,26,27). The molecule has 3 aromatic carbocycles. The normalized spacial score (nSPS) is 11.0. The van der Waals surface area contributed by atoms with Gasteiger partial charge in [0, 0.05) is 17.8 Å². The second-order valence-electron chi connectivity index (χ2n) is 6.86. The largest absolute Gasteiger partial charge is 0.480 e. The van der Waals surface area contributed by atoms with Gasteiger partial charge in [0.15, 0.2) is 0 Å². The van der Waals surface area contributed by atoms with Crippen LogP contribution in [0.2, 0.25) is 0 Å². The average molecular weight is 439 g/mol. The Morgan fingerprint density at radius 1 is 0.871 bits per heavy atom. The zero-order valence-electron chi connectivity index (χ0n) is 16.6. The molecule has 0 saturated carbocycles. The van der Waals surface area contributed by atoms with Crippen molar-refractivity contribution in [2.24, 2.45) is 0 Å². The molecule has 0 bridgehead atoms. The first kappa shape index (κ1) is 22.0. The van der Waals surface area contributed by atoms with E-state index in [-0.39, 0.29) is 22.7 Å². The van der Waals surface area contributed by atoms with Gasteiger partial charge in [0.25, 0.3) is 15.9 Å². The highest BCUT2D eigenvalue weighted by molar-refractivity contribution is 7.92. The number of sulfonamides is 1. The van der Waals surface area contributed by atoms with Crippen LogP contribution < -0.4 is 4.72 Å². The van der Waals surface area contributed by atoms with Crippen LogP contribution in [0.3, 0.4) is 0 Å². The lowest BCUT2D eigenvalue weighted by Crippen LogP contribution is -2.37. The Kier molecular flexibility index (Phi) is 7.04. The molecule has 31 heavy (non-hydrogen) atoms. The summed E-state index contributed by atoms with van der Waals surface area (Å²) < 4.78 is 27.5. The van der Waals surface area contributed by atoms with E-state index >= 15 is 0 Å². The average Bonchev–Trinajstić information content (AvgIpc) is 2.77. The number of benzene rings is 3. The number of carbonyl (C=O) groups excluding carboxylic acids is 1. The predicted octanol–water partition coefficient (Wildman–Crippen LogP) is 3.26. The summed E-state index contributed by atoms with van der Waals surface area (Å²) in [6.07, 6.45) is 0.500. The highest BCUT2D eigenvalue weighted by atomic mass is 32.2. The molecule has 0 unspecified atom stereocenters. The lowest BCUT2D eigenvalue weighted by atomic mass is 10.1. The molecule has 3 rings (SSSR count). The van der Waals surface area contributed by atoms with Crippen molar-refractivity contribution in [1.82, 2.24) is 4.90 Å². The molecule has 0 fully saturated rings. The molecule has 160 valence electrons. The Morgan fingerprint density at radius 3 is 2.16 bits per heavy atom. The van der Waals surface area contributed by atoms with Gasteiger partial charge in [-0.2, -0.15) is 0 Å². The molecule has 0 heterocycles. The third kappa shape index (κ3) is 6.16. The first-order valence-corrected chi connectivity index (χ1v) is 11.1. The molecule has 2 N–H and O–H groups in total. The molecule has 0 aliphatic rings. The zero-order chi connectivity index (χ0) is 22.3. The lowest BCUT2D eigenvalue weighted by molar-refractivity contribution is -0.137. The molecular weight excluding hydrogens is 416 g/mol. The zero-order valence-corrected chi connectivity index (χ0v) is 17.5. The van der Waals surface area contributed by atoms with Crippen molar-refractivity contribution in [1.29, 1.82) is 0 Å². The van der Waals surface area contributed by atoms with Gasteiger partial charge in [-0.05, 0) is 42.3 Å². The molecule has 8 heteroatoms. The van der Waals surface area contributed by atoms with Crippen molar-refractivity contribution in [3.8, 4) is 0 Å². The van der Waals surface area contributed by atoms with Gasteiger partial charge in [0.1, 0.15) is 6.54 Å². The van der Waals surface area contributed by atoms with Crippen LogP contribution in [0.4, 0.5) is 5.69 Å². The predicted molar refractivity (Wildman–Crippen MR) is 117 cm³/mol. The Bertz CT molecular complexity index is 1150. The summed E-state index contributed by atoms with van der Waals surface area (Å²) >= 11 is 0. The van der Waals surface area contributed by atoms with E-state index in [1.807, 2.05) is 30.3 Å². The second kappa shape index (κ2) is 9.90. The summed E-state index contributed by atoms with van der Waals surface area (Å²) in [5.41, 5.74) is 1.39. The summed E-state index contributed by atoms with van der Waals surface area (Å²) in [5, 5.41) is 9.22. The van der Waals surface area contributed by atoms with E-state index in [4.69, 9.17) is 0 Å². The molecule has 3 aromatic rings. The van der Waals surface area contributed by atoms with Gasteiger partial charge in [-0.1, -0.05) is 54.6 Å². The lowest BCUT2D eigenvalue weighted by Gasteiger charge is -2.21. The number of hydrogen-bond acceptors (Lipinski definition) is 4. The topological polar surface area (TPSA) is 104 Å². The van der Waals surface area contributed by atoms with Gasteiger partial charge in [-0.25, -0.2) is 8.42 Å². The van der Waals surface area contributed by atoms with Crippen LogP contribution >= 0.6 is 0 Å². The fourth-order valence-corrected chi connectivity index (χ4v) is 4.11. The molecule has 0 atom stereocenters. The summed E-state index contributed by atoms with van der Waals surface area (Å²) in [4.78, 5) is 25.6. The molecule has 0 spiro atoms. The molecule has 0 aliphatic heterocycles. The number of amides is 1. The molecule has 0 aliphatic carbocycles. The summed E-state index contributed by atoms with van der Waals surface area (Å²) in [6.45, 7) is -0.235. The summed E-state index contributed by atoms with van der Waals surface area (Å²) in [6, 6.07) is 23.3. The number of anilines is 1. The SMILES string of the molecule is O=C(O)CN(CCc1ccccc1)C(=O)c1cccc(NS(=O)(=O)c2ccccc2)c1. The second-order valence-corrected chi connectivity index (χ2v) is 8.54. The van der Waals surface area contributed by atoms with Crippen molar-refractivity contribution >= 4 is 27.6 Å². The number of nitrogens with one attached hydrogen (secondary N) is 1. The first-order chi connectivity index (χ1) is 14.8. The number of rotatable bonds is 9. The van der Waals surface area contributed by atoms with Crippen LogP contribution in [0.5, 0.6) is 0 Å². The Labute approximate surface area is 181 Å². The Balaban J connectivity index is 1.78. The highest BCUT2D eigenvalue weighted by Gasteiger charge is 2.20. The first-order valence-electron chi connectivity index (χ1n) is 9.58. The van der Waals surface area contributed by atoms with Gasteiger partial charge in [-0.3, -0.25) is 14.3 Å². The maximum atomic E-state index is 13.0. The van der Waals surface area contributed by atoms with Gasteiger partial charge in [0.2, 0.25) is 0 Å². The molecule has 0 aromatic heterocycles. The van der Waals surface area contributed by atoms with Crippen molar-refractivity contribution in [3.05, 3.63) is 96.1 Å². The van der Waals surface area contributed by atoms with E-state index in [1.165, 1.54) is 35.2 Å². The Hall–Kier alpha value is -3.65. The van der Waals surface area contributed by atoms with E-state index in [0.29, 0.717) is 6.42 Å². The third-order valence-electron chi connectivity index (χ3n) is 4.54. The minimum absolute atomic E-state index is 0.0992. The van der Waals surface area contributed by atoms with Crippen molar-refractivity contribution in [2.45, 2.75) is 11.3 Å². The van der Waals surface area contributed by atoms with Crippen LogP contribution in [0.15, 0.2) is 89.8 Å².